The number of para-hydroxylation sites is 1. The van der Waals surface area contributed by atoms with E-state index < -0.39 is 18.0 Å². The average molecular weight is 493 g/mol. The number of rotatable bonds is 6. The molecular weight excluding hydrogens is 472 g/mol. The number of urea groups is 1. The smallest absolute Gasteiger partial charge is 0.338 e. The van der Waals surface area contributed by atoms with Crippen LogP contribution in [0.5, 0.6) is 0 Å². The Balaban J connectivity index is 1.88. The molecule has 0 saturated heterocycles. The summed E-state index contributed by atoms with van der Waals surface area (Å²) >= 11 is 3.46. The van der Waals surface area contributed by atoms with Gasteiger partial charge in [-0.25, -0.2) is 14.3 Å². The number of carbonyl (C=O) groups is 2. The third kappa shape index (κ3) is 4.36. The molecule has 2 aromatic carbocycles. The van der Waals surface area contributed by atoms with Crippen molar-refractivity contribution < 1.29 is 14.3 Å². The lowest BCUT2D eigenvalue weighted by atomic mass is 9.94. The molecule has 162 valence electrons. The van der Waals surface area contributed by atoms with Crippen molar-refractivity contribution in [1.29, 1.82) is 0 Å². The van der Waals surface area contributed by atoms with Gasteiger partial charge in [0, 0.05) is 27.5 Å². The predicted molar refractivity (Wildman–Crippen MR) is 125 cm³/mol. The third-order valence-corrected chi connectivity index (χ3v) is 5.54. The molecule has 1 aliphatic rings. The number of nitrogens with one attached hydrogen (secondary N) is 2. The number of amides is 2. The summed E-state index contributed by atoms with van der Waals surface area (Å²) < 4.78 is 7.98. The molecule has 3 aromatic rings. The van der Waals surface area contributed by atoms with Crippen LogP contribution in [0.3, 0.4) is 0 Å². The quantitative estimate of drug-likeness (QED) is 0.387. The molecule has 0 spiro atoms. The lowest BCUT2D eigenvalue weighted by Crippen LogP contribution is -2.45. The zero-order valence-corrected chi connectivity index (χ0v) is 18.9. The molecular formula is C24H21BrN4O3. The van der Waals surface area contributed by atoms with Crippen molar-refractivity contribution in [3.05, 3.63) is 94.8 Å². The summed E-state index contributed by atoms with van der Waals surface area (Å²) in [5.41, 5.74) is 3.78. The molecule has 8 heteroatoms. The first-order valence-corrected chi connectivity index (χ1v) is 10.7. The van der Waals surface area contributed by atoms with Crippen LogP contribution < -0.4 is 10.6 Å². The molecule has 0 unspecified atom stereocenters. The Bertz CT molecular complexity index is 1200. The molecule has 0 radical (unpaired) electrons. The molecule has 0 saturated carbocycles. The average Bonchev–Trinajstić information content (AvgIpc) is 3.23. The van der Waals surface area contributed by atoms with Crippen LogP contribution in [0, 0.1) is 0 Å². The second kappa shape index (κ2) is 9.23. The number of aromatic nitrogens is 2. The van der Waals surface area contributed by atoms with Gasteiger partial charge in [-0.2, -0.15) is 5.10 Å². The molecule has 1 aromatic heterocycles. The molecule has 0 fully saturated rings. The van der Waals surface area contributed by atoms with E-state index >= 15 is 0 Å². The van der Waals surface area contributed by atoms with E-state index in [0.29, 0.717) is 22.5 Å². The first-order chi connectivity index (χ1) is 15.5. The van der Waals surface area contributed by atoms with Gasteiger partial charge in [0.1, 0.15) is 6.61 Å². The van der Waals surface area contributed by atoms with Crippen molar-refractivity contribution in [2.75, 3.05) is 6.61 Å². The molecule has 2 N–H and O–H groups in total. The van der Waals surface area contributed by atoms with E-state index in [1.54, 1.807) is 11.6 Å². The number of hydrogen-bond acceptors (Lipinski definition) is 4. The van der Waals surface area contributed by atoms with Gasteiger partial charge in [0.25, 0.3) is 0 Å². The van der Waals surface area contributed by atoms with Crippen molar-refractivity contribution in [2.24, 2.45) is 0 Å². The minimum atomic E-state index is -0.739. The van der Waals surface area contributed by atoms with Gasteiger partial charge in [-0.3, -0.25) is 0 Å². The fourth-order valence-corrected chi connectivity index (χ4v) is 3.82. The molecule has 1 atom stereocenters. The topological polar surface area (TPSA) is 85.2 Å². The molecule has 0 aliphatic carbocycles. The largest absolute Gasteiger partial charge is 0.458 e. The van der Waals surface area contributed by atoms with Crippen LogP contribution in [0.4, 0.5) is 4.79 Å². The number of esters is 1. The van der Waals surface area contributed by atoms with Crippen molar-refractivity contribution in [3.63, 3.8) is 0 Å². The Morgan fingerprint density at radius 3 is 2.62 bits per heavy atom. The van der Waals surface area contributed by atoms with Crippen LogP contribution in [0.25, 0.3) is 16.9 Å². The molecule has 7 nitrogen and oxygen atoms in total. The van der Waals surface area contributed by atoms with Crippen LogP contribution >= 0.6 is 15.9 Å². The summed E-state index contributed by atoms with van der Waals surface area (Å²) in [6.07, 6.45) is 3.33. The maximum absolute atomic E-state index is 12.9. The van der Waals surface area contributed by atoms with Crippen molar-refractivity contribution in [2.45, 2.75) is 13.0 Å². The highest BCUT2D eigenvalue weighted by Crippen LogP contribution is 2.35. The summed E-state index contributed by atoms with van der Waals surface area (Å²) in [6, 6.07) is 16.2. The fourth-order valence-electron chi connectivity index (χ4n) is 3.55. The summed E-state index contributed by atoms with van der Waals surface area (Å²) in [7, 11) is 0. The minimum Gasteiger partial charge on any atom is -0.458 e. The molecule has 1 aliphatic heterocycles. The number of nitrogens with zero attached hydrogens (tertiary/aromatic N) is 2. The van der Waals surface area contributed by atoms with E-state index in [1.807, 2.05) is 60.8 Å². The Morgan fingerprint density at radius 2 is 1.94 bits per heavy atom. The van der Waals surface area contributed by atoms with Gasteiger partial charge in [-0.1, -0.05) is 58.9 Å². The molecule has 0 bridgehead atoms. The number of halogens is 1. The Kier molecular flexibility index (Phi) is 6.23. The summed E-state index contributed by atoms with van der Waals surface area (Å²) in [4.78, 5) is 25.2. The van der Waals surface area contributed by atoms with Crippen molar-refractivity contribution in [3.8, 4) is 16.9 Å². The monoisotopic (exact) mass is 492 g/mol. The maximum Gasteiger partial charge on any atom is 0.338 e. The zero-order chi connectivity index (χ0) is 22.7. The second-order valence-electron chi connectivity index (χ2n) is 7.18. The molecule has 4 rings (SSSR count). The lowest BCUT2D eigenvalue weighted by molar-refractivity contribution is -0.138. The predicted octanol–water partition coefficient (Wildman–Crippen LogP) is 4.66. The molecule has 32 heavy (non-hydrogen) atoms. The molecule has 2 heterocycles. The number of hydrogen-bond donors (Lipinski definition) is 2. The van der Waals surface area contributed by atoms with E-state index in [9.17, 15) is 9.59 Å². The van der Waals surface area contributed by atoms with Gasteiger partial charge in [-0.15, -0.1) is 0 Å². The van der Waals surface area contributed by atoms with Gasteiger partial charge < -0.3 is 15.4 Å². The maximum atomic E-state index is 12.9. The van der Waals surface area contributed by atoms with Gasteiger partial charge in [-0.05, 0) is 31.2 Å². The highest BCUT2D eigenvalue weighted by Gasteiger charge is 2.35. The van der Waals surface area contributed by atoms with Crippen LogP contribution in [0.1, 0.15) is 18.5 Å². The minimum absolute atomic E-state index is 0.0686. The number of ether oxygens (including phenoxy) is 1. The van der Waals surface area contributed by atoms with Gasteiger partial charge in [0.2, 0.25) is 0 Å². The number of carbonyl (C=O) groups excluding carboxylic acids is 2. The van der Waals surface area contributed by atoms with E-state index in [4.69, 9.17) is 9.84 Å². The SMILES string of the molecule is C=CCOC(=O)C1=C(C)NC(=O)N[C@H]1c1cn(-c2ccccc2)nc1-c1ccc(Br)cc1. The molecule has 2 amide bonds. The number of allylic oxidation sites excluding steroid dienone is 1. The Morgan fingerprint density at radius 1 is 1.22 bits per heavy atom. The van der Waals surface area contributed by atoms with E-state index in [0.717, 1.165) is 15.7 Å². The zero-order valence-electron chi connectivity index (χ0n) is 17.3. The Hall–Kier alpha value is -3.65. The highest BCUT2D eigenvalue weighted by atomic mass is 79.9. The first-order valence-electron chi connectivity index (χ1n) is 9.95. The van der Waals surface area contributed by atoms with Crippen molar-refractivity contribution >= 4 is 27.9 Å². The lowest BCUT2D eigenvalue weighted by Gasteiger charge is -2.27. The summed E-state index contributed by atoms with van der Waals surface area (Å²) in [5, 5.41) is 10.3. The van der Waals surface area contributed by atoms with E-state index in [-0.39, 0.29) is 6.61 Å². The standard InChI is InChI=1S/C24H21BrN4O3/c1-3-13-32-23(30)20-15(2)26-24(31)27-22(20)19-14-29(18-7-5-4-6-8-18)28-21(19)16-9-11-17(25)12-10-16/h3-12,14,22H,1,13H2,2H3,(H2,26,27,31)/t22-/m0/s1. The number of benzene rings is 2. The Labute approximate surface area is 193 Å². The van der Waals surface area contributed by atoms with Crippen LogP contribution in [-0.4, -0.2) is 28.4 Å². The summed E-state index contributed by atoms with van der Waals surface area (Å²) in [5.74, 6) is -0.533. The van der Waals surface area contributed by atoms with Crippen LogP contribution in [0.15, 0.2) is 89.2 Å². The van der Waals surface area contributed by atoms with E-state index in [1.165, 1.54) is 6.08 Å². The fraction of sp³-hybridized carbons (Fsp3) is 0.125. The summed E-state index contributed by atoms with van der Waals surface area (Å²) in [6.45, 7) is 5.33. The second-order valence-corrected chi connectivity index (χ2v) is 8.09. The first kappa shape index (κ1) is 21.6. The van der Waals surface area contributed by atoms with Crippen LogP contribution in [0.2, 0.25) is 0 Å². The van der Waals surface area contributed by atoms with E-state index in [2.05, 4.69) is 33.1 Å². The van der Waals surface area contributed by atoms with Crippen LogP contribution in [-0.2, 0) is 9.53 Å². The normalized spacial score (nSPS) is 15.7. The van der Waals surface area contributed by atoms with Gasteiger partial charge >= 0.3 is 12.0 Å². The highest BCUT2D eigenvalue weighted by molar-refractivity contribution is 9.10. The van der Waals surface area contributed by atoms with Crippen molar-refractivity contribution in [1.82, 2.24) is 20.4 Å². The van der Waals surface area contributed by atoms with Gasteiger partial charge in [0.15, 0.2) is 0 Å². The third-order valence-electron chi connectivity index (χ3n) is 5.01. The van der Waals surface area contributed by atoms with Gasteiger partial charge in [0.05, 0.1) is 23.0 Å².